The lowest BCUT2D eigenvalue weighted by molar-refractivity contribution is 0.414. The van der Waals surface area contributed by atoms with E-state index >= 15 is 0 Å². The third-order valence-corrected chi connectivity index (χ3v) is 3.42. The van der Waals surface area contributed by atoms with Gasteiger partial charge in [0, 0.05) is 5.02 Å². The predicted octanol–water partition coefficient (Wildman–Crippen LogP) is 4.87. The number of hydrogen-bond acceptors (Lipinski definition) is 1. The summed E-state index contributed by atoms with van der Waals surface area (Å²) in [7, 11) is 1.65. The van der Waals surface area contributed by atoms with E-state index < -0.39 is 0 Å². The molecule has 2 rings (SSSR count). The van der Waals surface area contributed by atoms with Gasteiger partial charge in [-0.2, -0.15) is 0 Å². The zero-order valence-electron chi connectivity index (χ0n) is 10.1. The van der Waals surface area contributed by atoms with Gasteiger partial charge in [-0.1, -0.05) is 35.9 Å². The molecule has 18 heavy (non-hydrogen) atoms. The molecular weight excluding hydrogens is 267 g/mol. The summed E-state index contributed by atoms with van der Waals surface area (Å²) in [5, 5.41) is 0.681. The maximum absolute atomic E-state index is 6.40. The Morgan fingerprint density at radius 1 is 1.11 bits per heavy atom. The quantitative estimate of drug-likeness (QED) is 0.726. The van der Waals surface area contributed by atoms with Crippen LogP contribution in [0.2, 0.25) is 5.02 Å². The average Bonchev–Trinajstić information content (AvgIpc) is 2.39. The third kappa shape index (κ3) is 3.41. The molecule has 0 aliphatic heterocycles. The minimum Gasteiger partial charge on any atom is -0.497 e. The number of ether oxygens (including phenoxy) is 1. The molecule has 1 unspecified atom stereocenters. The molecule has 0 heterocycles. The summed E-state index contributed by atoms with van der Waals surface area (Å²) < 4.78 is 5.12. The van der Waals surface area contributed by atoms with E-state index in [1.807, 2.05) is 48.5 Å². The Kier molecular flexibility index (Phi) is 4.51. The van der Waals surface area contributed by atoms with E-state index in [1.54, 1.807) is 7.11 Å². The fourth-order valence-corrected chi connectivity index (χ4v) is 2.34. The second-order valence-electron chi connectivity index (χ2n) is 4.07. The smallest absolute Gasteiger partial charge is 0.118 e. The Morgan fingerprint density at radius 3 is 2.44 bits per heavy atom. The lowest BCUT2D eigenvalue weighted by atomic mass is 10.0. The first-order chi connectivity index (χ1) is 8.69. The largest absolute Gasteiger partial charge is 0.497 e. The van der Waals surface area contributed by atoms with Crippen molar-refractivity contribution < 1.29 is 4.74 Å². The van der Waals surface area contributed by atoms with E-state index in [1.165, 1.54) is 0 Å². The molecule has 1 nitrogen and oxygen atoms in total. The van der Waals surface area contributed by atoms with E-state index in [-0.39, 0.29) is 5.38 Å². The second-order valence-corrected chi connectivity index (χ2v) is 5.04. The predicted molar refractivity (Wildman–Crippen MR) is 76.7 cm³/mol. The number of benzene rings is 2. The number of hydrogen-bond donors (Lipinski definition) is 0. The summed E-state index contributed by atoms with van der Waals surface area (Å²) >= 11 is 12.4. The van der Waals surface area contributed by atoms with Gasteiger partial charge in [0.15, 0.2) is 0 Å². The van der Waals surface area contributed by atoms with Crippen LogP contribution in [0.5, 0.6) is 5.75 Å². The second kappa shape index (κ2) is 6.12. The van der Waals surface area contributed by atoms with Gasteiger partial charge in [-0.05, 0) is 41.8 Å². The van der Waals surface area contributed by atoms with Gasteiger partial charge in [0.25, 0.3) is 0 Å². The van der Waals surface area contributed by atoms with Gasteiger partial charge in [-0.15, -0.1) is 11.6 Å². The van der Waals surface area contributed by atoms with Crippen molar-refractivity contribution in [3.63, 3.8) is 0 Å². The lowest BCUT2D eigenvalue weighted by Crippen LogP contribution is -1.96. The molecule has 0 spiro atoms. The summed E-state index contributed by atoms with van der Waals surface area (Å²) in [5.74, 6) is 0.838. The molecule has 0 amide bonds. The number of rotatable bonds is 4. The molecular formula is C15H14Cl2O. The highest BCUT2D eigenvalue weighted by Gasteiger charge is 2.09. The Bertz CT molecular complexity index is 508. The topological polar surface area (TPSA) is 9.23 Å². The van der Waals surface area contributed by atoms with Gasteiger partial charge < -0.3 is 4.74 Å². The first kappa shape index (κ1) is 13.3. The SMILES string of the molecule is COc1ccc(C(Cl)Cc2cccc(Cl)c2)cc1. The molecule has 0 aromatic heterocycles. The Balaban J connectivity index is 2.09. The monoisotopic (exact) mass is 280 g/mol. The van der Waals surface area contributed by atoms with Crippen molar-refractivity contribution in [2.75, 3.05) is 7.11 Å². The molecule has 0 aliphatic rings. The van der Waals surface area contributed by atoms with E-state index in [9.17, 15) is 0 Å². The van der Waals surface area contributed by atoms with E-state index in [0.29, 0.717) is 0 Å². The van der Waals surface area contributed by atoms with E-state index in [0.717, 1.165) is 28.3 Å². The molecule has 0 aliphatic carbocycles. The Labute approximate surface area is 117 Å². The first-order valence-electron chi connectivity index (χ1n) is 5.71. The number of alkyl halides is 1. The van der Waals surface area contributed by atoms with Crippen LogP contribution in [0.15, 0.2) is 48.5 Å². The summed E-state index contributed by atoms with van der Waals surface area (Å²) in [4.78, 5) is 0. The average molecular weight is 281 g/mol. The van der Waals surface area contributed by atoms with Gasteiger partial charge >= 0.3 is 0 Å². The first-order valence-corrected chi connectivity index (χ1v) is 6.53. The van der Waals surface area contributed by atoms with Crippen LogP contribution >= 0.6 is 23.2 Å². The van der Waals surface area contributed by atoms with Gasteiger partial charge in [0.05, 0.1) is 12.5 Å². The molecule has 3 heteroatoms. The van der Waals surface area contributed by atoms with Crippen LogP contribution in [0.4, 0.5) is 0 Å². The Hall–Kier alpha value is -1.18. The van der Waals surface area contributed by atoms with Crippen LogP contribution in [-0.2, 0) is 6.42 Å². The van der Waals surface area contributed by atoms with Crippen LogP contribution in [0, 0.1) is 0 Å². The molecule has 0 radical (unpaired) electrons. The molecule has 0 saturated heterocycles. The van der Waals surface area contributed by atoms with Crippen molar-refractivity contribution in [3.05, 3.63) is 64.7 Å². The fourth-order valence-electron chi connectivity index (χ4n) is 1.80. The standard InChI is InChI=1S/C15H14Cl2O/c1-18-14-7-5-12(6-8-14)15(17)10-11-3-2-4-13(16)9-11/h2-9,15H,10H2,1H3. The highest BCUT2D eigenvalue weighted by molar-refractivity contribution is 6.30. The molecule has 2 aromatic carbocycles. The fraction of sp³-hybridized carbons (Fsp3) is 0.200. The van der Waals surface area contributed by atoms with E-state index in [2.05, 4.69) is 0 Å². The van der Waals surface area contributed by atoms with Crippen LogP contribution in [-0.4, -0.2) is 7.11 Å². The minimum absolute atomic E-state index is 0.0608. The Morgan fingerprint density at radius 2 is 1.83 bits per heavy atom. The molecule has 0 saturated carbocycles. The minimum atomic E-state index is -0.0608. The summed E-state index contributed by atoms with van der Waals surface area (Å²) in [6, 6.07) is 15.6. The van der Waals surface area contributed by atoms with E-state index in [4.69, 9.17) is 27.9 Å². The van der Waals surface area contributed by atoms with Gasteiger partial charge in [-0.25, -0.2) is 0 Å². The van der Waals surface area contributed by atoms with Crippen molar-refractivity contribution >= 4 is 23.2 Å². The van der Waals surface area contributed by atoms with Crippen LogP contribution < -0.4 is 4.74 Å². The van der Waals surface area contributed by atoms with Gasteiger partial charge in [0.1, 0.15) is 5.75 Å². The highest BCUT2D eigenvalue weighted by atomic mass is 35.5. The zero-order chi connectivity index (χ0) is 13.0. The van der Waals surface area contributed by atoms with Crippen LogP contribution in [0.25, 0.3) is 0 Å². The molecule has 1 atom stereocenters. The van der Waals surface area contributed by atoms with Crippen molar-refractivity contribution in [2.24, 2.45) is 0 Å². The molecule has 0 bridgehead atoms. The molecule has 0 N–H and O–H groups in total. The van der Waals surface area contributed by atoms with Crippen molar-refractivity contribution in [1.82, 2.24) is 0 Å². The number of methoxy groups -OCH3 is 1. The zero-order valence-corrected chi connectivity index (χ0v) is 11.6. The highest BCUT2D eigenvalue weighted by Crippen LogP contribution is 2.27. The van der Waals surface area contributed by atoms with Gasteiger partial charge in [-0.3, -0.25) is 0 Å². The maximum Gasteiger partial charge on any atom is 0.118 e. The molecule has 94 valence electrons. The molecule has 0 fully saturated rings. The van der Waals surface area contributed by atoms with Crippen molar-refractivity contribution in [2.45, 2.75) is 11.8 Å². The molecule has 2 aromatic rings. The summed E-state index contributed by atoms with van der Waals surface area (Å²) in [6.07, 6.45) is 0.758. The van der Waals surface area contributed by atoms with Crippen LogP contribution in [0.1, 0.15) is 16.5 Å². The summed E-state index contributed by atoms with van der Waals surface area (Å²) in [6.45, 7) is 0. The number of halogens is 2. The van der Waals surface area contributed by atoms with Crippen molar-refractivity contribution in [1.29, 1.82) is 0 Å². The van der Waals surface area contributed by atoms with Gasteiger partial charge in [0.2, 0.25) is 0 Å². The summed E-state index contributed by atoms with van der Waals surface area (Å²) in [5.41, 5.74) is 2.22. The van der Waals surface area contributed by atoms with Crippen molar-refractivity contribution in [3.8, 4) is 5.75 Å². The van der Waals surface area contributed by atoms with Crippen LogP contribution in [0.3, 0.4) is 0 Å². The normalized spacial score (nSPS) is 12.2. The maximum atomic E-state index is 6.40. The third-order valence-electron chi connectivity index (χ3n) is 2.78. The lowest BCUT2D eigenvalue weighted by Gasteiger charge is -2.11.